The van der Waals surface area contributed by atoms with Gasteiger partial charge < -0.3 is 9.64 Å². The first kappa shape index (κ1) is 20.9. The number of rotatable bonds is 6. The average molecular weight is 414 g/mol. The van der Waals surface area contributed by atoms with Gasteiger partial charge in [0.05, 0.1) is 24.8 Å². The van der Waals surface area contributed by atoms with E-state index in [9.17, 15) is 4.79 Å². The van der Waals surface area contributed by atoms with Crippen LogP contribution in [-0.4, -0.2) is 35.6 Å². The first-order valence-corrected chi connectivity index (χ1v) is 10.7. The Bertz CT molecular complexity index is 1130. The van der Waals surface area contributed by atoms with E-state index >= 15 is 0 Å². The van der Waals surface area contributed by atoms with E-state index < -0.39 is 0 Å². The number of amides is 1. The summed E-state index contributed by atoms with van der Waals surface area (Å²) >= 11 is 0. The van der Waals surface area contributed by atoms with Crippen molar-refractivity contribution in [3.63, 3.8) is 0 Å². The van der Waals surface area contributed by atoms with Gasteiger partial charge in [0, 0.05) is 18.0 Å². The van der Waals surface area contributed by atoms with E-state index in [0.29, 0.717) is 6.42 Å². The Kier molecular flexibility index (Phi) is 6.20. The minimum atomic E-state index is -0.313. The summed E-state index contributed by atoms with van der Waals surface area (Å²) in [6.07, 6.45) is 10.00. The fraction of sp³-hybridized carbons (Fsp3) is 0.308. The number of hydrogen-bond acceptors (Lipinski definition) is 4. The number of carbonyl (C=O) groups excluding carboxylic acids is 1. The van der Waals surface area contributed by atoms with Gasteiger partial charge in [-0.05, 0) is 65.9 Å². The van der Waals surface area contributed by atoms with E-state index in [1.54, 1.807) is 13.3 Å². The second-order valence-electron chi connectivity index (χ2n) is 7.81. The number of ether oxygens (including phenoxy) is 1. The Hall–Kier alpha value is -3.36. The van der Waals surface area contributed by atoms with Crippen molar-refractivity contribution in [3.8, 4) is 18.1 Å². The highest BCUT2D eigenvalue weighted by Crippen LogP contribution is 2.39. The van der Waals surface area contributed by atoms with Crippen LogP contribution in [0.1, 0.15) is 42.5 Å². The molecule has 0 spiro atoms. The van der Waals surface area contributed by atoms with Gasteiger partial charge in [-0.15, -0.1) is 6.42 Å². The van der Waals surface area contributed by atoms with E-state index in [4.69, 9.17) is 11.2 Å². The SMILES string of the molecule is C#CC(=O)N1[C@@H](c2ccc3ncccc3c2)c2ccc(OC)cc2C[C@@H]1NCCCC. The van der Waals surface area contributed by atoms with Crippen molar-refractivity contribution < 1.29 is 9.53 Å². The molecule has 0 unspecified atom stereocenters. The topological polar surface area (TPSA) is 54.5 Å². The molecule has 0 fully saturated rings. The van der Waals surface area contributed by atoms with Gasteiger partial charge in [0.2, 0.25) is 0 Å². The van der Waals surface area contributed by atoms with E-state index in [-0.39, 0.29) is 18.1 Å². The molecule has 3 aromatic rings. The maximum atomic E-state index is 13.0. The standard InChI is InChI=1S/C26H27N3O2/c1-4-6-13-28-24-17-20-16-21(31-3)10-11-22(20)26(29(24)25(30)5-2)19-9-12-23-18(15-19)8-7-14-27-23/h2,7-12,14-16,24,26,28H,4,6,13,17H2,1,3H3/t24-,26+/m1/s1. The van der Waals surface area contributed by atoms with Gasteiger partial charge >= 0.3 is 0 Å². The van der Waals surface area contributed by atoms with E-state index in [1.807, 2.05) is 41.3 Å². The molecular weight excluding hydrogens is 386 g/mol. The fourth-order valence-corrected chi connectivity index (χ4v) is 4.34. The number of methoxy groups -OCH3 is 1. The van der Waals surface area contributed by atoms with Crippen molar-refractivity contribution in [2.45, 2.75) is 38.4 Å². The summed E-state index contributed by atoms with van der Waals surface area (Å²) in [7, 11) is 1.67. The number of hydrogen-bond donors (Lipinski definition) is 1. The predicted octanol–water partition coefficient (Wildman–Crippen LogP) is 4.07. The smallest absolute Gasteiger partial charge is 0.300 e. The quantitative estimate of drug-likeness (QED) is 0.489. The van der Waals surface area contributed by atoms with Crippen LogP contribution in [0, 0.1) is 12.3 Å². The molecule has 5 heteroatoms. The average Bonchev–Trinajstić information content (AvgIpc) is 2.82. The van der Waals surface area contributed by atoms with Crippen LogP contribution in [0.5, 0.6) is 5.75 Å². The molecular formula is C26H27N3O2. The van der Waals surface area contributed by atoms with Gasteiger partial charge in [0.1, 0.15) is 5.75 Å². The number of aromatic nitrogens is 1. The van der Waals surface area contributed by atoms with Crippen LogP contribution in [0.4, 0.5) is 0 Å². The monoisotopic (exact) mass is 413 g/mol. The molecule has 0 radical (unpaired) electrons. The molecule has 0 bridgehead atoms. The highest BCUT2D eigenvalue weighted by Gasteiger charge is 2.38. The van der Waals surface area contributed by atoms with Crippen LogP contribution in [0.25, 0.3) is 10.9 Å². The van der Waals surface area contributed by atoms with E-state index in [0.717, 1.165) is 52.7 Å². The van der Waals surface area contributed by atoms with Gasteiger partial charge in [-0.2, -0.15) is 0 Å². The lowest BCUT2D eigenvalue weighted by molar-refractivity contribution is -0.130. The molecule has 1 aromatic heterocycles. The van der Waals surface area contributed by atoms with Crippen molar-refractivity contribution >= 4 is 16.8 Å². The number of fused-ring (bicyclic) bond motifs is 2. The van der Waals surface area contributed by atoms with Crippen molar-refractivity contribution in [1.82, 2.24) is 15.2 Å². The molecule has 0 saturated heterocycles. The van der Waals surface area contributed by atoms with Crippen molar-refractivity contribution in [2.24, 2.45) is 0 Å². The number of benzene rings is 2. The van der Waals surface area contributed by atoms with Crippen molar-refractivity contribution in [1.29, 1.82) is 0 Å². The number of carbonyl (C=O) groups is 1. The number of nitrogens with one attached hydrogen (secondary N) is 1. The Morgan fingerprint density at radius 3 is 2.94 bits per heavy atom. The zero-order chi connectivity index (χ0) is 21.8. The van der Waals surface area contributed by atoms with Crippen LogP contribution >= 0.6 is 0 Å². The molecule has 1 aliphatic heterocycles. The molecule has 1 aliphatic rings. The summed E-state index contributed by atoms with van der Waals surface area (Å²) < 4.78 is 5.47. The maximum Gasteiger partial charge on any atom is 0.300 e. The molecule has 2 heterocycles. The third-order valence-corrected chi connectivity index (χ3v) is 5.88. The van der Waals surface area contributed by atoms with Crippen LogP contribution in [0.3, 0.4) is 0 Å². The minimum Gasteiger partial charge on any atom is -0.497 e. The molecule has 4 rings (SSSR count). The van der Waals surface area contributed by atoms with Crippen LogP contribution < -0.4 is 10.1 Å². The lowest BCUT2D eigenvalue weighted by Crippen LogP contribution is -2.54. The van der Waals surface area contributed by atoms with E-state index in [1.165, 1.54) is 0 Å². The number of terminal acetylenes is 1. The van der Waals surface area contributed by atoms with Crippen molar-refractivity contribution in [2.75, 3.05) is 13.7 Å². The Morgan fingerprint density at radius 2 is 2.16 bits per heavy atom. The fourth-order valence-electron chi connectivity index (χ4n) is 4.34. The van der Waals surface area contributed by atoms with Crippen molar-refractivity contribution in [3.05, 3.63) is 71.4 Å². The Morgan fingerprint density at radius 1 is 1.29 bits per heavy atom. The second kappa shape index (κ2) is 9.20. The Labute approximate surface area is 183 Å². The first-order chi connectivity index (χ1) is 15.2. The molecule has 158 valence electrons. The Balaban J connectivity index is 1.86. The normalized spacial score (nSPS) is 17.8. The molecule has 2 atom stereocenters. The summed E-state index contributed by atoms with van der Waals surface area (Å²) in [6.45, 7) is 2.97. The summed E-state index contributed by atoms with van der Waals surface area (Å²) in [4.78, 5) is 19.3. The largest absolute Gasteiger partial charge is 0.497 e. The molecule has 5 nitrogen and oxygen atoms in total. The third-order valence-electron chi connectivity index (χ3n) is 5.88. The summed E-state index contributed by atoms with van der Waals surface area (Å²) in [6, 6.07) is 15.9. The van der Waals surface area contributed by atoms with Gasteiger partial charge in [0.25, 0.3) is 5.91 Å². The molecule has 1 N–H and O–H groups in total. The number of nitrogens with zero attached hydrogens (tertiary/aromatic N) is 2. The summed E-state index contributed by atoms with van der Waals surface area (Å²) in [5.74, 6) is 2.85. The van der Waals surface area contributed by atoms with Crippen LogP contribution in [-0.2, 0) is 11.2 Å². The molecule has 31 heavy (non-hydrogen) atoms. The molecule has 2 aromatic carbocycles. The van der Waals surface area contributed by atoms with Crippen LogP contribution in [0.2, 0.25) is 0 Å². The van der Waals surface area contributed by atoms with Gasteiger partial charge in [-0.3, -0.25) is 15.1 Å². The molecule has 0 saturated carbocycles. The summed E-state index contributed by atoms with van der Waals surface area (Å²) in [5, 5.41) is 4.59. The third kappa shape index (κ3) is 4.12. The predicted molar refractivity (Wildman–Crippen MR) is 123 cm³/mol. The second-order valence-corrected chi connectivity index (χ2v) is 7.81. The summed E-state index contributed by atoms with van der Waals surface area (Å²) in [5.41, 5.74) is 4.16. The maximum absolute atomic E-state index is 13.0. The first-order valence-electron chi connectivity index (χ1n) is 10.7. The highest BCUT2D eigenvalue weighted by atomic mass is 16.5. The van der Waals surface area contributed by atoms with Gasteiger partial charge in [0.15, 0.2) is 0 Å². The lowest BCUT2D eigenvalue weighted by atomic mass is 9.86. The molecule has 1 amide bonds. The van der Waals surface area contributed by atoms with Crippen LogP contribution in [0.15, 0.2) is 54.7 Å². The number of unbranched alkanes of at least 4 members (excludes halogenated alkanes) is 1. The van der Waals surface area contributed by atoms with Gasteiger partial charge in [-0.25, -0.2) is 0 Å². The van der Waals surface area contributed by atoms with E-state index in [2.05, 4.69) is 35.3 Å². The highest BCUT2D eigenvalue weighted by molar-refractivity contribution is 5.94. The zero-order valence-corrected chi connectivity index (χ0v) is 18.0. The zero-order valence-electron chi connectivity index (χ0n) is 18.0. The number of pyridine rings is 1. The molecule has 0 aliphatic carbocycles. The lowest BCUT2D eigenvalue weighted by Gasteiger charge is -2.43. The minimum absolute atomic E-state index is 0.190. The van der Waals surface area contributed by atoms with Gasteiger partial charge in [-0.1, -0.05) is 31.5 Å².